The molecule has 20 heavy (non-hydrogen) atoms. The lowest BCUT2D eigenvalue weighted by molar-refractivity contribution is -0.144. The van der Waals surface area contributed by atoms with Crippen LogP contribution < -0.4 is 19.9 Å². The summed E-state index contributed by atoms with van der Waals surface area (Å²) < 4.78 is 20.6. The monoisotopic (exact) mass is 283 g/mol. The lowest BCUT2D eigenvalue weighted by Crippen LogP contribution is -2.34. The first kappa shape index (κ1) is 16.1. The second-order valence-electron chi connectivity index (χ2n) is 4.08. The maximum absolute atomic E-state index is 11.6. The van der Waals surface area contributed by atoms with E-state index in [1.54, 1.807) is 40.4 Å². The van der Waals surface area contributed by atoms with Crippen molar-refractivity contribution >= 4 is 5.97 Å². The Morgan fingerprint density at radius 1 is 1.10 bits per heavy atom. The molecule has 112 valence electrons. The van der Waals surface area contributed by atoms with Gasteiger partial charge in [0.05, 0.1) is 27.9 Å². The summed E-state index contributed by atoms with van der Waals surface area (Å²) in [5.74, 6) is 1.25. The second-order valence-corrected chi connectivity index (χ2v) is 4.08. The van der Waals surface area contributed by atoms with Gasteiger partial charge in [0, 0.05) is 18.1 Å². The largest absolute Gasteiger partial charge is 0.496 e. The molecule has 0 heterocycles. The summed E-state index contributed by atoms with van der Waals surface area (Å²) in [6.45, 7) is 2.04. The van der Waals surface area contributed by atoms with Crippen LogP contribution >= 0.6 is 0 Å². The molecule has 0 aliphatic rings. The first-order valence-corrected chi connectivity index (χ1v) is 6.28. The quantitative estimate of drug-likeness (QED) is 0.756. The van der Waals surface area contributed by atoms with Gasteiger partial charge < -0.3 is 24.7 Å². The van der Waals surface area contributed by atoms with Gasteiger partial charge >= 0.3 is 5.97 Å². The molecule has 0 amide bonds. The fourth-order valence-corrected chi connectivity index (χ4v) is 1.82. The summed E-state index contributed by atoms with van der Waals surface area (Å²) in [5.41, 5.74) is 6.57. The number of ether oxygens (including phenoxy) is 4. The van der Waals surface area contributed by atoms with E-state index in [1.165, 1.54) is 0 Å². The zero-order valence-corrected chi connectivity index (χ0v) is 12.3. The normalized spacial score (nSPS) is 11.7. The molecule has 1 rings (SSSR count). The Labute approximate surface area is 118 Å². The van der Waals surface area contributed by atoms with E-state index < -0.39 is 12.0 Å². The minimum atomic E-state index is -0.748. The number of hydrogen-bond acceptors (Lipinski definition) is 6. The van der Waals surface area contributed by atoms with Gasteiger partial charge in [0.25, 0.3) is 0 Å². The Hall–Kier alpha value is -1.95. The van der Waals surface area contributed by atoms with Crippen LogP contribution in [-0.2, 0) is 16.0 Å². The molecule has 0 fully saturated rings. The molecule has 0 saturated carbocycles. The average molecular weight is 283 g/mol. The highest BCUT2D eigenvalue weighted by molar-refractivity contribution is 5.76. The summed E-state index contributed by atoms with van der Waals surface area (Å²) in [6.07, 6.45) is 0.294. The molecule has 1 aromatic carbocycles. The van der Waals surface area contributed by atoms with Crippen LogP contribution in [0.3, 0.4) is 0 Å². The first-order chi connectivity index (χ1) is 9.57. The van der Waals surface area contributed by atoms with E-state index in [0.29, 0.717) is 30.3 Å². The lowest BCUT2D eigenvalue weighted by Gasteiger charge is -2.16. The van der Waals surface area contributed by atoms with Gasteiger partial charge in [0.1, 0.15) is 11.8 Å². The van der Waals surface area contributed by atoms with Gasteiger partial charge in [-0.05, 0) is 13.0 Å². The number of rotatable bonds is 7. The van der Waals surface area contributed by atoms with Crippen molar-refractivity contribution < 1.29 is 23.7 Å². The van der Waals surface area contributed by atoms with E-state index >= 15 is 0 Å². The Bertz CT molecular complexity index is 461. The van der Waals surface area contributed by atoms with Gasteiger partial charge in [-0.15, -0.1) is 0 Å². The third-order valence-corrected chi connectivity index (χ3v) is 2.82. The fraction of sp³-hybridized carbons (Fsp3) is 0.500. The van der Waals surface area contributed by atoms with Crippen molar-refractivity contribution in [3.8, 4) is 17.2 Å². The van der Waals surface area contributed by atoms with Crippen molar-refractivity contribution in [3.05, 3.63) is 17.7 Å². The third kappa shape index (κ3) is 3.77. The van der Waals surface area contributed by atoms with Crippen LogP contribution in [0.2, 0.25) is 0 Å². The topological polar surface area (TPSA) is 80.0 Å². The van der Waals surface area contributed by atoms with E-state index in [1.807, 2.05) is 0 Å². The zero-order chi connectivity index (χ0) is 15.1. The minimum absolute atomic E-state index is 0.294. The van der Waals surface area contributed by atoms with E-state index in [4.69, 9.17) is 24.7 Å². The van der Waals surface area contributed by atoms with Crippen LogP contribution in [-0.4, -0.2) is 39.9 Å². The Balaban J connectivity index is 3.01. The van der Waals surface area contributed by atoms with Crippen LogP contribution in [0.25, 0.3) is 0 Å². The van der Waals surface area contributed by atoms with Gasteiger partial charge in [0.2, 0.25) is 0 Å². The molecule has 1 unspecified atom stereocenters. The van der Waals surface area contributed by atoms with Crippen LogP contribution in [0, 0.1) is 0 Å². The van der Waals surface area contributed by atoms with Crippen LogP contribution in [0.4, 0.5) is 0 Å². The highest BCUT2D eigenvalue weighted by Crippen LogP contribution is 2.35. The Morgan fingerprint density at radius 3 is 2.15 bits per heavy atom. The molecule has 0 aliphatic carbocycles. The number of benzene rings is 1. The molecule has 2 N–H and O–H groups in total. The van der Waals surface area contributed by atoms with Gasteiger partial charge in [0.15, 0.2) is 11.5 Å². The molecule has 0 spiro atoms. The number of carbonyl (C=O) groups is 1. The summed E-state index contributed by atoms with van der Waals surface area (Å²) in [6, 6.07) is 2.70. The number of methoxy groups -OCH3 is 3. The fourth-order valence-electron chi connectivity index (χ4n) is 1.82. The molecular formula is C14H21NO5. The summed E-state index contributed by atoms with van der Waals surface area (Å²) in [7, 11) is 4.63. The molecule has 6 nitrogen and oxygen atoms in total. The van der Waals surface area contributed by atoms with Crippen molar-refractivity contribution in [3.63, 3.8) is 0 Å². The molecule has 0 bridgehead atoms. The SMILES string of the molecule is CCOC(=O)C(N)Cc1cc(OC)c(OC)cc1OC. The van der Waals surface area contributed by atoms with Crippen molar-refractivity contribution in [1.82, 2.24) is 0 Å². The molecule has 0 aromatic heterocycles. The molecule has 6 heteroatoms. The molecular weight excluding hydrogens is 262 g/mol. The lowest BCUT2D eigenvalue weighted by atomic mass is 10.0. The standard InChI is InChI=1S/C14H21NO5/c1-5-20-14(16)10(15)6-9-7-12(18-3)13(19-4)8-11(9)17-2/h7-8,10H,5-6,15H2,1-4H3. The molecule has 0 aliphatic heterocycles. The Kier molecular flexibility index (Phi) is 6.11. The van der Waals surface area contributed by atoms with Crippen molar-refractivity contribution in [2.75, 3.05) is 27.9 Å². The highest BCUT2D eigenvalue weighted by atomic mass is 16.5. The van der Waals surface area contributed by atoms with Crippen molar-refractivity contribution in [2.24, 2.45) is 5.73 Å². The molecule has 0 radical (unpaired) electrons. The minimum Gasteiger partial charge on any atom is -0.496 e. The number of esters is 1. The van der Waals surface area contributed by atoms with Gasteiger partial charge in [-0.25, -0.2) is 0 Å². The third-order valence-electron chi connectivity index (χ3n) is 2.82. The highest BCUT2D eigenvalue weighted by Gasteiger charge is 2.19. The zero-order valence-electron chi connectivity index (χ0n) is 12.3. The van der Waals surface area contributed by atoms with Crippen LogP contribution in [0.5, 0.6) is 17.2 Å². The maximum Gasteiger partial charge on any atom is 0.323 e. The number of carbonyl (C=O) groups excluding carboxylic acids is 1. The molecule has 1 atom stereocenters. The summed E-state index contributed by atoms with van der Waals surface area (Å²) >= 11 is 0. The van der Waals surface area contributed by atoms with E-state index in [2.05, 4.69) is 0 Å². The van der Waals surface area contributed by atoms with E-state index in [9.17, 15) is 4.79 Å². The molecule has 0 saturated heterocycles. The summed E-state index contributed by atoms with van der Waals surface area (Å²) in [4.78, 5) is 11.6. The first-order valence-electron chi connectivity index (χ1n) is 6.28. The predicted molar refractivity (Wildman–Crippen MR) is 74.4 cm³/mol. The maximum atomic E-state index is 11.6. The second kappa shape index (κ2) is 7.59. The predicted octanol–water partition coefficient (Wildman–Crippen LogP) is 1.15. The van der Waals surface area contributed by atoms with Crippen molar-refractivity contribution in [2.45, 2.75) is 19.4 Å². The number of nitrogens with two attached hydrogens (primary N) is 1. The van der Waals surface area contributed by atoms with Crippen molar-refractivity contribution in [1.29, 1.82) is 0 Å². The Morgan fingerprint density at radius 2 is 1.65 bits per heavy atom. The van der Waals surface area contributed by atoms with Crippen LogP contribution in [0.1, 0.15) is 12.5 Å². The van der Waals surface area contributed by atoms with Crippen LogP contribution in [0.15, 0.2) is 12.1 Å². The van der Waals surface area contributed by atoms with E-state index in [0.717, 1.165) is 5.56 Å². The average Bonchev–Trinajstić information content (AvgIpc) is 2.46. The smallest absolute Gasteiger partial charge is 0.323 e. The van der Waals surface area contributed by atoms with Gasteiger partial charge in [-0.3, -0.25) is 4.79 Å². The van der Waals surface area contributed by atoms with Gasteiger partial charge in [-0.2, -0.15) is 0 Å². The summed E-state index contributed by atoms with van der Waals surface area (Å²) in [5, 5.41) is 0. The number of hydrogen-bond donors (Lipinski definition) is 1. The van der Waals surface area contributed by atoms with E-state index in [-0.39, 0.29) is 0 Å². The molecule has 1 aromatic rings. The van der Waals surface area contributed by atoms with Gasteiger partial charge in [-0.1, -0.05) is 0 Å².